The minimum Gasteiger partial charge on any atom is -0.496 e. The smallest absolute Gasteiger partial charge is 0.335 e. The first kappa shape index (κ1) is 22.4. The molecule has 2 aliphatic heterocycles. The number of barbiturate groups is 1. The molecular weight excluding hydrogens is 422 g/mol. The van der Waals surface area contributed by atoms with Gasteiger partial charge in [-0.25, -0.2) is 9.69 Å². The summed E-state index contributed by atoms with van der Waals surface area (Å²) in [4.78, 5) is 41.5. The summed E-state index contributed by atoms with van der Waals surface area (Å²) in [6.45, 7) is 3.87. The Kier molecular flexibility index (Phi) is 6.35. The van der Waals surface area contributed by atoms with E-state index in [2.05, 4.69) is 10.2 Å². The molecule has 172 valence electrons. The number of amides is 4. The molecule has 2 aromatic carbocycles. The normalized spacial score (nSPS) is 17.5. The molecule has 2 aromatic rings. The van der Waals surface area contributed by atoms with Crippen molar-refractivity contribution in [3.05, 3.63) is 53.1 Å². The lowest BCUT2D eigenvalue weighted by Gasteiger charge is -2.27. The standard InChI is InChI=1S/C25H27N3O5/c1-4-16-7-9-18(10-8-16)28-24(30)19(23(29)26-25(28)31)13-17-14-22(33-3)20(15-21(17)32-2)27-11-5-6-12-27/h7-10,13-15H,4-6,11-12H2,1-3H3,(H,26,29,31)/b19-13+. The van der Waals surface area contributed by atoms with Crippen LogP contribution in [0.3, 0.4) is 0 Å². The van der Waals surface area contributed by atoms with E-state index in [0.717, 1.165) is 48.5 Å². The summed E-state index contributed by atoms with van der Waals surface area (Å²) < 4.78 is 11.2. The molecule has 2 aliphatic rings. The maximum atomic E-state index is 13.2. The van der Waals surface area contributed by atoms with E-state index in [-0.39, 0.29) is 5.57 Å². The van der Waals surface area contributed by atoms with Gasteiger partial charge >= 0.3 is 6.03 Å². The van der Waals surface area contributed by atoms with Crippen molar-refractivity contribution in [1.82, 2.24) is 5.32 Å². The van der Waals surface area contributed by atoms with E-state index >= 15 is 0 Å². The minimum absolute atomic E-state index is 0.163. The van der Waals surface area contributed by atoms with Crippen LogP contribution in [0.25, 0.3) is 6.08 Å². The molecule has 0 radical (unpaired) electrons. The number of nitrogens with zero attached hydrogens (tertiary/aromatic N) is 2. The Labute approximate surface area is 192 Å². The molecule has 0 aromatic heterocycles. The van der Waals surface area contributed by atoms with Gasteiger partial charge in [0.05, 0.1) is 25.6 Å². The third-order valence-corrected chi connectivity index (χ3v) is 5.98. The van der Waals surface area contributed by atoms with Gasteiger partial charge in [-0.3, -0.25) is 14.9 Å². The maximum Gasteiger partial charge on any atom is 0.335 e. The van der Waals surface area contributed by atoms with Gasteiger partial charge in [0, 0.05) is 24.7 Å². The molecule has 0 unspecified atom stereocenters. The fourth-order valence-corrected chi connectivity index (χ4v) is 4.15. The van der Waals surface area contributed by atoms with Gasteiger partial charge in [-0.15, -0.1) is 0 Å². The summed E-state index contributed by atoms with van der Waals surface area (Å²) in [5.41, 5.74) is 2.71. The van der Waals surface area contributed by atoms with Crippen molar-refractivity contribution in [2.75, 3.05) is 37.1 Å². The van der Waals surface area contributed by atoms with Crippen molar-refractivity contribution in [2.45, 2.75) is 26.2 Å². The monoisotopic (exact) mass is 449 g/mol. The number of hydrogen-bond acceptors (Lipinski definition) is 6. The summed E-state index contributed by atoms with van der Waals surface area (Å²) in [6, 6.07) is 9.91. The largest absolute Gasteiger partial charge is 0.496 e. The summed E-state index contributed by atoms with van der Waals surface area (Å²) in [7, 11) is 3.11. The van der Waals surface area contributed by atoms with E-state index in [9.17, 15) is 14.4 Å². The van der Waals surface area contributed by atoms with E-state index in [0.29, 0.717) is 22.7 Å². The molecule has 4 amide bonds. The van der Waals surface area contributed by atoms with Crippen LogP contribution in [-0.4, -0.2) is 45.2 Å². The molecule has 0 saturated carbocycles. The van der Waals surface area contributed by atoms with Crippen molar-refractivity contribution in [2.24, 2.45) is 0 Å². The number of ether oxygens (including phenoxy) is 2. The van der Waals surface area contributed by atoms with Crippen LogP contribution in [0.15, 0.2) is 42.0 Å². The lowest BCUT2D eigenvalue weighted by Crippen LogP contribution is -2.54. The molecule has 0 spiro atoms. The zero-order valence-electron chi connectivity index (χ0n) is 19.0. The first-order valence-corrected chi connectivity index (χ1v) is 11.0. The number of aryl methyl sites for hydroxylation is 1. The zero-order valence-corrected chi connectivity index (χ0v) is 19.0. The van der Waals surface area contributed by atoms with Gasteiger partial charge in [-0.05, 0) is 49.1 Å². The van der Waals surface area contributed by atoms with Crippen molar-refractivity contribution < 1.29 is 23.9 Å². The highest BCUT2D eigenvalue weighted by Crippen LogP contribution is 2.38. The van der Waals surface area contributed by atoms with Crippen molar-refractivity contribution in [3.8, 4) is 11.5 Å². The minimum atomic E-state index is -0.777. The van der Waals surface area contributed by atoms with Gasteiger partial charge in [0.15, 0.2) is 0 Å². The molecule has 8 nitrogen and oxygen atoms in total. The highest BCUT2D eigenvalue weighted by atomic mass is 16.5. The van der Waals surface area contributed by atoms with Crippen molar-refractivity contribution >= 4 is 35.3 Å². The number of imide groups is 2. The Morgan fingerprint density at radius 3 is 2.24 bits per heavy atom. The predicted octanol–water partition coefficient (Wildman–Crippen LogP) is 3.53. The number of nitrogens with one attached hydrogen (secondary N) is 1. The molecule has 2 fully saturated rings. The van der Waals surface area contributed by atoms with E-state index < -0.39 is 17.8 Å². The van der Waals surface area contributed by atoms with Crippen LogP contribution in [0, 0.1) is 0 Å². The van der Waals surface area contributed by atoms with Gasteiger partial charge in [0.2, 0.25) is 0 Å². The van der Waals surface area contributed by atoms with Crippen LogP contribution < -0.4 is 24.6 Å². The second kappa shape index (κ2) is 9.36. The lowest BCUT2D eigenvalue weighted by atomic mass is 10.0. The number of carbonyl (C=O) groups is 3. The van der Waals surface area contributed by atoms with Gasteiger partial charge in [0.1, 0.15) is 17.1 Å². The second-order valence-corrected chi connectivity index (χ2v) is 7.94. The SMILES string of the molecule is CCc1ccc(N2C(=O)NC(=O)/C(=C\c3cc(OC)c(N4CCCC4)cc3OC)C2=O)cc1. The highest BCUT2D eigenvalue weighted by Gasteiger charge is 2.37. The first-order valence-electron chi connectivity index (χ1n) is 11.0. The quantitative estimate of drug-likeness (QED) is 0.536. The number of rotatable bonds is 6. The Balaban J connectivity index is 1.74. The number of methoxy groups -OCH3 is 2. The average molecular weight is 450 g/mol. The third kappa shape index (κ3) is 4.28. The molecule has 33 heavy (non-hydrogen) atoms. The van der Waals surface area contributed by atoms with E-state index in [1.165, 1.54) is 13.2 Å². The third-order valence-electron chi connectivity index (χ3n) is 5.98. The maximum absolute atomic E-state index is 13.2. The molecule has 0 atom stereocenters. The summed E-state index contributed by atoms with van der Waals surface area (Å²) >= 11 is 0. The molecule has 2 heterocycles. The van der Waals surface area contributed by atoms with Crippen LogP contribution >= 0.6 is 0 Å². The lowest BCUT2D eigenvalue weighted by molar-refractivity contribution is -0.122. The van der Waals surface area contributed by atoms with Crippen LogP contribution in [-0.2, 0) is 16.0 Å². The Morgan fingerprint density at radius 2 is 1.64 bits per heavy atom. The highest BCUT2D eigenvalue weighted by molar-refractivity contribution is 6.39. The topological polar surface area (TPSA) is 88.2 Å². The van der Waals surface area contributed by atoms with Gasteiger partial charge in [-0.1, -0.05) is 19.1 Å². The zero-order chi connectivity index (χ0) is 23.5. The van der Waals surface area contributed by atoms with Gasteiger partial charge in [0.25, 0.3) is 11.8 Å². The molecule has 0 aliphatic carbocycles. The molecule has 8 heteroatoms. The molecule has 2 saturated heterocycles. The molecule has 1 N–H and O–H groups in total. The van der Waals surface area contributed by atoms with E-state index in [1.807, 2.05) is 25.1 Å². The van der Waals surface area contributed by atoms with E-state index in [1.54, 1.807) is 25.3 Å². The fraction of sp³-hybridized carbons (Fsp3) is 0.320. The number of carbonyl (C=O) groups excluding carboxylic acids is 3. The molecule has 4 rings (SSSR count). The fourth-order valence-electron chi connectivity index (χ4n) is 4.15. The van der Waals surface area contributed by atoms with Crippen molar-refractivity contribution in [3.63, 3.8) is 0 Å². The number of anilines is 2. The number of hydrogen-bond donors (Lipinski definition) is 1. The Morgan fingerprint density at radius 1 is 0.970 bits per heavy atom. The van der Waals surface area contributed by atoms with Crippen LogP contribution in [0.5, 0.6) is 11.5 Å². The van der Waals surface area contributed by atoms with Crippen LogP contribution in [0.2, 0.25) is 0 Å². The summed E-state index contributed by atoms with van der Waals surface area (Å²) in [5, 5.41) is 2.26. The van der Waals surface area contributed by atoms with Crippen molar-refractivity contribution in [1.29, 1.82) is 0 Å². The molecule has 0 bridgehead atoms. The Hall–Kier alpha value is -3.81. The number of urea groups is 1. The molecular formula is C25H27N3O5. The second-order valence-electron chi connectivity index (χ2n) is 7.94. The summed E-state index contributed by atoms with van der Waals surface area (Å²) in [6.07, 6.45) is 4.48. The number of benzene rings is 2. The van der Waals surface area contributed by atoms with Crippen LogP contribution in [0.1, 0.15) is 30.9 Å². The average Bonchev–Trinajstić information content (AvgIpc) is 3.36. The van der Waals surface area contributed by atoms with E-state index in [4.69, 9.17) is 9.47 Å². The van der Waals surface area contributed by atoms with Gasteiger partial charge in [-0.2, -0.15) is 0 Å². The van der Waals surface area contributed by atoms with Gasteiger partial charge < -0.3 is 14.4 Å². The predicted molar refractivity (Wildman–Crippen MR) is 126 cm³/mol. The first-order chi connectivity index (χ1) is 16.0. The van der Waals surface area contributed by atoms with Crippen LogP contribution in [0.4, 0.5) is 16.2 Å². The Bertz CT molecular complexity index is 1120. The summed E-state index contributed by atoms with van der Waals surface area (Å²) in [5.74, 6) is -0.327.